The molecule has 0 aliphatic carbocycles. The largest absolute Gasteiger partial charge is 0.355 e. The van der Waals surface area contributed by atoms with Crippen molar-refractivity contribution in [2.75, 3.05) is 24.5 Å². The summed E-state index contributed by atoms with van der Waals surface area (Å²) in [6, 6.07) is 2.06. The highest BCUT2D eigenvalue weighted by atomic mass is 35.5. The number of pyridine rings is 1. The van der Waals surface area contributed by atoms with Gasteiger partial charge in [-0.05, 0) is 42.3 Å². The maximum absolute atomic E-state index is 6.45. The Bertz CT molecular complexity index is 459. The van der Waals surface area contributed by atoms with E-state index in [2.05, 4.69) is 49.0 Å². The van der Waals surface area contributed by atoms with E-state index in [0.29, 0.717) is 5.92 Å². The summed E-state index contributed by atoms with van der Waals surface area (Å²) in [7, 11) is 0. The third-order valence-corrected chi connectivity index (χ3v) is 4.51. The second-order valence-electron chi connectivity index (χ2n) is 6.91. The minimum atomic E-state index is 0.658. The fraction of sp³-hybridized carbons (Fsp3) is 0.706. The highest BCUT2D eigenvalue weighted by Gasteiger charge is 2.26. The Labute approximate surface area is 134 Å². The molecule has 1 aromatic heterocycles. The zero-order valence-corrected chi connectivity index (χ0v) is 14.5. The highest BCUT2D eigenvalue weighted by molar-refractivity contribution is 6.33. The van der Waals surface area contributed by atoms with E-state index in [4.69, 9.17) is 11.6 Å². The number of anilines is 1. The van der Waals surface area contributed by atoms with Crippen LogP contribution >= 0.6 is 11.6 Å². The van der Waals surface area contributed by atoms with Gasteiger partial charge in [-0.25, -0.2) is 4.98 Å². The minimum absolute atomic E-state index is 0.658. The molecule has 0 radical (unpaired) electrons. The molecule has 4 heteroatoms. The Morgan fingerprint density at radius 2 is 2.14 bits per heavy atom. The van der Waals surface area contributed by atoms with E-state index in [1.807, 2.05) is 6.20 Å². The van der Waals surface area contributed by atoms with E-state index in [0.717, 1.165) is 54.4 Å². The number of halogens is 1. The average molecular weight is 310 g/mol. The second kappa shape index (κ2) is 7.46. The van der Waals surface area contributed by atoms with E-state index < -0.39 is 0 Å². The number of nitrogens with one attached hydrogen (secondary N) is 1. The molecule has 0 amide bonds. The zero-order valence-electron chi connectivity index (χ0n) is 13.7. The Hall–Kier alpha value is -0.800. The van der Waals surface area contributed by atoms with Crippen LogP contribution in [0.25, 0.3) is 0 Å². The van der Waals surface area contributed by atoms with E-state index in [1.54, 1.807) is 0 Å². The van der Waals surface area contributed by atoms with Crippen molar-refractivity contribution in [3.8, 4) is 0 Å². The summed E-state index contributed by atoms with van der Waals surface area (Å²) < 4.78 is 0. The number of nitrogens with zero attached hydrogens (tertiary/aromatic N) is 2. The molecule has 118 valence electrons. The normalized spacial score (nSPS) is 19.0. The maximum Gasteiger partial charge on any atom is 0.147 e. The molecule has 2 heterocycles. The molecular formula is C17H28ClN3. The quantitative estimate of drug-likeness (QED) is 0.862. The summed E-state index contributed by atoms with van der Waals surface area (Å²) in [6.45, 7) is 13.0. The SMILES string of the molecule is CC(C)CNCc1cnc(N2CCC(C(C)C)C2)c(Cl)c1. The van der Waals surface area contributed by atoms with Crippen LogP contribution in [0.4, 0.5) is 5.82 Å². The number of hydrogen-bond acceptors (Lipinski definition) is 3. The first-order chi connectivity index (χ1) is 9.97. The lowest BCUT2D eigenvalue weighted by atomic mass is 9.95. The zero-order chi connectivity index (χ0) is 15.4. The molecule has 1 saturated heterocycles. The molecule has 0 spiro atoms. The van der Waals surface area contributed by atoms with Crippen molar-refractivity contribution >= 4 is 17.4 Å². The molecule has 1 aromatic rings. The molecule has 21 heavy (non-hydrogen) atoms. The molecule has 2 rings (SSSR count). The summed E-state index contributed by atoms with van der Waals surface area (Å²) in [6.07, 6.45) is 3.20. The van der Waals surface area contributed by atoms with Gasteiger partial charge in [-0.3, -0.25) is 0 Å². The summed E-state index contributed by atoms with van der Waals surface area (Å²) in [4.78, 5) is 6.94. The minimum Gasteiger partial charge on any atom is -0.355 e. The van der Waals surface area contributed by atoms with Crippen LogP contribution in [0.3, 0.4) is 0 Å². The van der Waals surface area contributed by atoms with Gasteiger partial charge in [0.2, 0.25) is 0 Å². The molecule has 1 unspecified atom stereocenters. The topological polar surface area (TPSA) is 28.2 Å². The molecule has 0 bridgehead atoms. The second-order valence-corrected chi connectivity index (χ2v) is 7.32. The fourth-order valence-electron chi connectivity index (χ4n) is 2.83. The van der Waals surface area contributed by atoms with Crippen molar-refractivity contribution in [3.63, 3.8) is 0 Å². The van der Waals surface area contributed by atoms with E-state index >= 15 is 0 Å². The first kappa shape index (κ1) is 16.6. The first-order valence-electron chi connectivity index (χ1n) is 8.07. The predicted octanol–water partition coefficient (Wildman–Crippen LogP) is 3.96. The summed E-state index contributed by atoms with van der Waals surface area (Å²) in [5.74, 6) is 3.10. The first-order valence-corrected chi connectivity index (χ1v) is 8.45. The lowest BCUT2D eigenvalue weighted by Crippen LogP contribution is -2.23. The van der Waals surface area contributed by atoms with Crippen molar-refractivity contribution in [2.24, 2.45) is 17.8 Å². The Balaban J connectivity index is 1.96. The van der Waals surface area contributed by atoms with Gasteiger partial charge >= 0.3 is 0 Å². The van der Waals surface area contributed by atoms with Gasteiger partial charge in [0.05, 0.1) is 5.02 Å². The van der Waals surface area contributed by atoms with Crippen LogP contribution in [0.5, 0.6) is 0 Å². The number of hydrogen-bond donors (Lipinski definition) is 1. The van der Waals surface area contributed by atoms with Gasteiger partial charge in [-0.15, -0.1) is 0 Å². The molecule has 0 saturated carbocycles. The molecule has 0 aromatic carbocycles. The molecule has 1 aliphatic rings. The third kappa shape index (κ3) is 4.58. The van der Waals surface area contributed by atoms with Gasteiger partial charge in [-0.2, -0.15) is 0 Å². The molecule has 1 N–H and O–H groups in total. The molecule has 1 atom stereocenters. The Morgan fingerprint density at radius 1 is 1.38 bits per heavy atom. The van der Waals surface area contributed by atoms with Gasteiger partial charge in [0.1, 0.15) is 5.82 Å². The van der Waals surface area contributed by atoms with Crippen LogP contribution in [0.15, 0.2) is 12.3 Å². The smallest absolute Gasteiger partial charge is 0.147 e. The monoisotopic (exact) mass is 309 g/mol. The Morgan fingerprint density at radius 3 is 2.71 bits per heavy atom. The van der Waals surface area contributed by atoms with Gasteiger partial charge in [0.25, 0.3) is 0 Å². The lowest BCUT2D eigenvalue weighted by Gasteiger charge is -2.20. The fourth-order valence-corrected chi connectivity index (χ4v) is 3.14. The summed E-state index contributed by atoms with van der Waals surface area (Å²) in [5, 5.41) is 4.21. The van der Waals surface area contributed by atoms with E-state index in [1.165, 1.54) is 6.42 Å². The van der Waals surface area contributed by atoms with Gasteiger partial charge in [0.15, 0.2) is 0 Å². The van der Waals surface area contributed by atoms with E-state index in [9.17, 15) is 0 Å². The molecule has 1 fully saturated rings. The van der Waals surface area contributed by atoms with Crippen LogP contribution in [-0.2, 0) is 6.54 Å². The highest BCUT2D eigenvalue weighted by Crippen LogP contribution is 2.31. The summed E-state index contributed by atoms with van der Waals surface area (Å²) in [5.41, 5.74) is 1.16. The van der Waals surface area contributed by atoms with E-state index in [-0.39, 0.29) is 0 Å². The van der Waals surface area contributed by atoms with Crippen LogP contribution in [0, 0.1) is 17.8 Å². The van der Waals surface area contributed by atoms with Crippen molar-refractivity contribution in [1.29, 1.82) is 0 Å². The van der Waals surface area contributed by atoms with Crippen LogP contribution in [0.2, 0.25) is 5.02 Å². The molecular weight excluding hydrogens is 282 g/mol. The standard InChI is InChI=1S/C17H28ClN3/c1-12(2)8-19-9-14-7-16(18)17(20-10-14)21-6-5-15(11-21)13(3)4/h7,10,12-13,15,19H,5-6,8-9,11H2,1-4H3. The van der Waals surface area contributed by atoms with Crippen molar-refractivity contribution in [1.82, 2.24) is 10.3 Å². The van der Waals surface area contributed by atoms with Gasteiger partial charge < -0.3 is 10.2 Å². The maximum atomic E-state index is 6.45. The van der Waals surface area contributed by atoms with Gasteiger partial charge in [0, 0.05) is 25.8 Å². The molecule has 3 nitrogen and oxygen atoms in total. The van der Waals surface area contributed by atoms with Crippen LogP contribution in [-0.4, -0.2) is 24.6 Å². The Kier molecular flexibility index (Phi) is 5.88. The average Bonchev–Trinajstić information content (AvgIpc) is 2.88. The predicted molar refractivity (Wildman–Crippen MR) is 90.9 cm³/mol. The third-order valence-electron chi connectivity index (χ3n) is 4.23. The molecule has 1 aliphatic heterocycles. The van der Waals surface area contributed by atoms with Crippen molar-refractivity contribution in [2.45, 2.75) is 40.7 Å². The van der Waals surface area contributed by atoms with Crippen molar-refractivity contribution in [3.05, 3.63) is 22.8 Å². The van der Waals surface area contributed by atoms with Crippen molar-refractivity contribution < 1.29 is 0 Å². The lowest BCUT2D eigenvalue weighted by molar-refractivity contribution is 0.422. The van der Waals surface area contributed by atoms with Gasteiger partial charge in [-0.1, -0.05) is 39.3 Å². The summed E-state index contributed by atoms with van der Waals surface area (Å²) >= 11 is 6.45. The van der Waals surface area contributed by atoms with Crippen LogP contribution < -0.4 is 10.2 Å². The number of rotatable bonds is 6. The number of aromatic nitrogens is 1. The van der Waals surface area contributed by atoms with Crippen LogP contribution in [0.1, 0.15) is 39.7 Å².